The fourth-order valence-electron chi connectivity index (χ4n) is 2.25. The fourth-order valence-corrected chi connectivity index (χ4v) is 2.25. The average molecular weight is 301 g/mol. The van der Waals surface area contributed by atoms with E-state index in [1.54, 1.807) is 14.2 Å². The summed E-state index contributed by atoms with van der Waals surface area (Å²) in [5.74, 6) is 1.45. The van der Waals surface area contributed by atoms with E-state index in [0.29, 0.717) is 12.2 Å². The molecule has 1 amide bonds. The van der Waals surface area contributed by atoms with Crippen LogP contribution in [0, 0.1) is 0 Å². The molecule has 0 radical (unpaired) electrons. The van der Waals surface area contributed by atoms with Crippen molar-refractivity contribution in [2.24, 2.45) is 0 Å². The van der Waals surface area contributed by atoms with E-state index in [1.165, 1.54) is 0 Å². The highest BCUT2D eigenvalue weighted by molar-refractivity contribution is 5.85. The van der Waals surface area contributed by atoms with Crippen LogP contribution in [-0.2, 0) is 11.2 Å². The maximum Gasteiger partial charge on any atom is 0.224 e. The Morgan fingerprint density at radius 2 is 2.20 bits per heavy atom. The van der Waals surface area contributed by atoms with Crippen LogP contribution in [0.4, 0.5) is 0 Å². The second kappa shape index (κ2) is 7.97. The quantitative estimate of drug-likeness (QED) is 0.856. The van der Waals surface area contributed by atoms with Gasteiger partial charge < -0.3 is 20.1 Å². The Morgan fingerprint density at radius 3 is 2.80 bits per heavy atom. The first-order valence-electron chi connectivity index (χ1n) is 6.44. The Bertz CT molecular complexity index is 448. The molecule has 0 bridgehead atoms. The van der Waals surface area contributed by atoms with E-state index in [2.05, 4.69) is 10.6 Å². The van der Waals surface area contributed by atoms with E-state index in [9.17, 15) is 4.79 Å². The molecule has 1 unspecified atom stereocenters. The van der Waals surface area contributed by atoms with Gasteiger partial charge in [-0.1, -0.05) is 0 Å². The van der Waals surface area contributed by atoms with Gasteiger partial charge in [0.1, 0.15) is 11.5 Å². The molecule has 1 atom stereocenters. The van der Waals surface area contributed by atoms with Crippen molar-refractivity contribution in [1.82, 2.24) is 10.6 Å². The predicted octanol–water partition coefficient (Wildman–Crippen LogP) is 1.15. The molecule has 0 aliphatic carbocycles. The zero-order valence-electron chi connectivity index (χ0n) is 11.8. The summed E-state index contributed by atoms with van der Waals surface area (Å²) >= 11 is 0. The lowest BCUT2D eigenvalue weighted by atomic mass is 10.1. The van der Waals surface area contributed by atoms with E-state index < -0.39 is 0 Å². The SMILES string of the molecule is COc1ccc(OC)c(CC(=O)NC2CCNC2)c1.Cl. The Balaban J connectivity index is 0.00000200. The first kappa shape index (κ1) is 16.6. The van der Waals surface area contributed by atoms with Crippen LogP contribution in [0.1, 0.15) is 12.0 Å². The van der Waals surface area contributed by atoms with Gasteiger partial charge in [0.25, 0.3) is 0 Å². The van der Waals surface area contributed by atoms with Gasteiger partial charge in [0.2, 0.25) is 5.91 Å². The number of ether oxygens (including phenoxy) is 2. The normalized spacial score (nSPS) is 17.2. The molecule has 0 aromatic heterocycles. The Kier molecular flexibility index (Phi) is 6.61. The molecule has 0 saturated carbocycles. The van der Waals surface area contributed by atoms with Crippen LogP contribution in [0.2, 0.25) is 0 Å². The highest BCUT2D eigenvalue weighted by Crippen LogP contribution is 2.24. The van der Waals surface area contributed by atoms with Crippen LogP contribution in [0.5, 0.6) is 11.5 Å². The zero-order chi connectivity index (χ0) is 13.7. The molecule has 1 aliphatic heterocycles. The number of rotatable bonds is 5. The topological polar surface area (TPSA) is 59.6 Å². The first-order valence-corrected chi connectivity index (χ1v) is 6.44. The van der Waals surface area contributed by atoms with Crippen molar-refractivity contribution in [2.75, 3.05) is 27.3 Å². The van der Waals surface area contributed by atoms with Gasteiger partial charge >= 0.3 is 0 Å². The highest BCUT2D eigenvalue weighted by atomic mass is 35.5. The number of benzene rings is 1. The predicted molar refractivity (Wildman–Crippen MR) is 79.9 cm³/mol. The molecule has 1 saturated heterocycles. The second-order valence-corrected chi connectivity index (χ2v) is 4.61. The maximum absolute atomic E-state index is 12.0. The van der Waals surface area contributed by atoms with Crippen LogP contribution in [0.15, 0.2) is 18.2 Å². The first-order chi connectivity index (χ1) is 9.22. The van der Waals surface area contributed by atoms with Crippen molar-refractivity contribution in [3.8, 4) is 11.5 Å². The van der Waals surface area contributed by atoms with Crippen LogP contribution in [0.3, 0.4) is 0 Å². The van der Waals surface area contributed by atoms with Gasteiger partial charge in [-0.15, -0.1) is 12.4 Å². The molecule has 2 rings (SSSR count). The minimum absolute atomic E-state index is 0. The standard InChI is InChI=1S/C14H20N2O3.ClH/c1-18-12-3-4-13(19-2)10(7-12)8-14(17)16-11-5-6-15-9-11;/h3-4,7,11,15H,5-6,8-9H2,1-2H3,(H,16,17);1H. The van der Waals surface area contributed by atoms with Crippen molar-refractivity contribution >= 4 is 18.3 Å². The third-order valence-electron chi connectivity index (χ3n) is 3.26. The zero-order valence-corrected chi connectivity index (χ0v) is 12.6. The Morgan fingerprint density at radius 1 is 1.40 bits per heavy atom. The van der Waals surface area contributed by atoms with Crippen molar-refractivity contribution in [3.05, 3.63) is 23.8 Å². The van der Waals surface area contributed by atoms with Crippen molar-refractivity contribution in [1.29, 1.82) is 0 Å². The number of amides is 1. The fraction of sp³-hybridized carbons (Fsp3) is 0.500. The molecule has 1 fully saturated rings. The smallest absolute Gasteiger partial charge is 0.224 e. The molecule has 2 N–H and O–H groups in total. The molecular weight excluding hydrogens is 280 g/mol. The van der Waals surface area contributed by atoms with Crippen LogP contribution >= 0.6 is 12.4 Å². The summed E-state index contributed by atoms with van der Waals surface area (Å²) in [5.41, 5.74) is 0.838. The number of carbonyl (C=O) groups excluding carboxylic acids is 1. The maximum atomic E-state index is 12.0. The summed E-state index contributed by atoms with van der Waals surface area (Å²) in [5, 5.41) is 6.24. The van der Waals surface area contributed by atoms with Crippen LogP contribution < -0.4 is 20.1 Å². The van der Waals surface area contributed by atoms with Gasteiger partial charge in [-0.05, 0) is 31.2 Å². The largest absolute Gasteiger partial charge is 0.497 e. The molecule has 5 nitrogen and oxygen atoms in total. The van der Waals surface area contributed by atoms with E-state index >= 15 is 0 Å². The lowest BCUT2D eigenvalue weighted by Crippen LogP contribution is -2.37. The van der Waals surface area contributed by atoms with Gasteiger partial charge in [-0.3, -0.25) is 4.79 Å². The molecule has 0 spiro atoms. The number of hydrogen-bond acceptors (Lipinski definition) is 4. The van der Waals surface area contributed by atoms with Gasteiger partial charge in [0.15, 0.2) is 0 Å². The van der Waals surface area contributed by atoms with Gasteiger partial charge in [-0.25, -0.2) is 0 Å². The molecular formula is C14H21ClN2O3. The van der Waals surface area contributed by atoms with Gasteiger partial charge in [0.05, 0.1) is 20.6 Å². The second-order valence-electron chi connectivity index (χ2n) is 4.61. The number of carbonyl (C=O) groups is 1. The number of halogens is 1. The third kappa shape index (κ3) is 4.28. The van der Waals surface area contributed by atoms with Gasteiger partial charge in [-0.2, -0.15) is 0 Å². The molecule has 20 heavy (non-hydrogen) atoms. The molecule has 6 heteroatoms. The average Bonchev–Trinajstić information content (AvgIpc) is 2.91. The van der Waals surface area contributed by atoms with Crippen LogP contribution in [-0.4, -0.2) is 39.3 Å². The lowest BCUT2D eigenvalue weighted by molar-refractivity contribution is -0.121. The summed E-state index contributed by atoms with van der Waals surface area (Å²) in [6.45, 7) is 1.81. The monoisotopic (exact) mass is 300 g/mol. The van der Waals surface area contributed by atoms with E-state index in [-0.39, 0.29) is 24.4 Å². The molecule has 112 valence electrons. The summed E-state index contributed by atoms with van der Waals surface area (Å²) < 4.78 is 10.4. The van der Waals surface area contributed by atoms with Crippen molar-refractivity contribution in [2.45, 2.75) is 18.9 Å². The molecule has 1 heterocycles. The third-order valence-corrected chi connectivity index (χ3v) is 3.26. The van der Waals surface area contributed by atoms with E-state index in [4.69, 9.17) is 9.47 Å². The summed E-state index contributed by atoms with van der Waals surface area (Å²) in [6, 6.07) is 5.72. The minimum atomic E-state index is 0. The summed E-state index contributed by atoms with van der Waals surface area (Å²) in [4.78, 5) is 12.0. The molecule has 1 aliphatic rings. The Labute approximate surface area is 125 Å². The number of hydrogen-bond donors (Lipinski definition) is 2. The molecule has 1 aromatic rings. The minimum Gasteiger partial charge on any atom is -0.497 e. The van der Waals surface area contributed by atoms with E-state index in [1.807, 2.05) is 18.2 Å². The number of nitrogens with one attached hydrogen (secondary N) is 2. The summed E-state index contributed by atoms with van der Waals surface area (Å²) in [7, 11) is 3.21. The lowest BCUT2D eigenvalue weighted by Gasteiger charge is -2.13. The van der Waals surface area contributed by atoms with Gasteiger partial charge in [0, 0.05) is 18.2 Å². The molecule has 1 aromatic carbocycles. The summed E-state index contributed by atoms with van der Waals surface area (Å²) in [6.07, 6.45) is 1.29. The highest BCUT2D eigenvalue weighted by Gasteiger charge is 2.17. The number of methoxy groups -OCH3 is 2. The van der Waals surface area contributed by atoms with E-state index in [0.717, 1.165) is 30.8 Å². The van der Waals surface area contributed by atoms with Crippen molar-refractivity contribution < 1.29 is 14.3 Å². The Hall–Kier alpha value is -1.46. The van der Waals surface area contributed by atoms with Crippen LogP contribution in [0.25, 0.3) is 0 Å². The van der Waals surface area contributed by atoms with Crippen molar-refractivity contribution in [3.63, 3.8) is 0 Å².